The largest absolute Gasteiger partial charge is 0.364 e. The Kier molecular flexibility index (Phi) is 4.19. The van der Waals surface area contributed by atoms with Gasteiger partial charge in [0.2, 0.25) is 0 Å². The van der Waals surface area contributed by atoms with E-state index in [9.17, 15) is 4.79 Å². The molecule has 0 bridgehead atoms. The second kappa shape index (κ2) is 5.67. The summed E-state index contributed by atoms with van der Waals surface area (Å²) in [6.07, 6.45) is 3.41. The lowest BCUT2D eigenvalue weighted by atomic mass is 10.1. The van der Waals surface area contributed by atoms with Crippen LogP contribution in [0.3, 0.4) is 0 Å². The Morgan fingerprint density at radius 3 is 2.94 bits per heavy atom. The molecule has 18 heavy (non-hydrogen) atoms. The predicted molar refractivity (Wildman–Crippen MR) is 76.1 cm³/mol. The molecule has 1 aliphatic rings. The molecular formula is C12H17BrN4O. The van der Waals surface area contributed by atoms with E-state index in [-0.39, 0.29) is 5.56 Å². The van der Waals surface area contributed by atoms with Gasteiger partial charge in [0.25, 0.3) is 5.56 Å². The predicted octanol–water partition coefficient (Wildman–Crippen LogP) is 0.990. The van der Waals surface area contributed by atoms with Gasteiger partial charge in [0.05, 0.1) is 24.5 Å². The molecule has 1 saturated heterocycles. The maximum atomic E-state index is 12.1. The number of likely N-dealkylation sites (N-methyl/N-ethyl adjacent to an activating group) is 1. The smallest absolute Gasteiger partial charge is 0.283 e. The highest BCUT2D eigenvalue weighted by atomic mass is 79.9. The fraction of sp³-hybridized carbons (Fsp3) is 0.500. The van der Waals surface area contributed by atoms with Crippen LogP contribution in [0.5, 0.6) is 0 Å². The van der Waals surface area contributed by atoms with Crippen molar-refractivity contribution in [1.82, 2.24) is 15.1 Å². The molecule has 0 aliphatic carbocycles. The molecule has 0 saturated carbocycles. The average molecular weight is 313 g/mol. The quantitative estimate of drug-likeness (QED) is 0.824. The summed E-state index contributed by atoms with van der Waals surface area (Å²) in [6, 6.07) is 0.447. The first kappa shape index (κ1) is 13.3. The zero-order chi connectivity index (χ0) is 13.1. The van der Waals surface area contributed by atoms with Crippen molar-refractivity contribution in [3.05, 3.63) is 33.7 Å². The van der Waals surface area contributed by atoms with Gasteiger partial charge in [-0.05, 0) is 22.9 Å². The van der Waals surface area contributed by atoms with Crippen molar-refractivity contribution in [3.63, 3.8) is 0 Å². The first-order valence-corrected chi connectivity index (χ1v) is 6.82. The lowest BCUT2D eigenvalue weighted by Gasteiger charge is -2.39. The highest BCUT2D eigenvalue weighted by molar-refractivity contribution is 9.10. The van der Waals surface area contributed by atoms with Crippen LogP contribution in [0.15, 0.2) is 28.1 Å². The number of nitrogens with zero attached hydrogens (tertiary/aromatic N) is 3. The van der Waals surface area contributed by atoms with Crippen molar-refractivity contribution < 1.29 is 0 Å². The average Bonchev–Trinajstić information content (AvgIpc) is 2.31. The van der Waals surface area contributed by atoms with E-state index in [1.54, 1.807) is 12.3 Å². The molecule has 0 spiro atoms. The molecule has 0 unspecified atom stereocenters. The molecule has 1 aromatic rings. The van der Waals surface area contributed by atoms with E-state index in [1.807, 2.05) is 0 Å². The van der Waals surface area contributed by atoms with E-state index in [2.05, 4.69) is 44.7 Å². The SMILES string of the molecule is C=CCn1ncc(N(CC)C2CNC2)c(Br)c1=O. The molecule has 1 aromatic heterocycles. The van der Waals surface area contributed by atoms with E-state index >= 15 is 0 Å². The first-order valence-electron chi connectivity index (χ1n) is 6.03. The molecular weight excluding hydrogens is 296 g/mol. The summed E-state index contributed by atoms with van der Waals surface area (Å²) in [4.78, 5) is 14.3. The Hall–Kier alpha value is -1.14. The van der Waals surface area contributed by atoms with Gasteiger partial charge in [0.1, 0.15) is 4.47 Å². The molecule has 98 valence electrons. The summed E-state index contributed by atoms with van der Waals surface area (Å²) in [6.45, 7) is 8.89. The minimum atomic E-state index is -0.113. The standard InChI is InChI=1S/C12H17BrN4O/c1-3-5-17-12(18)11(13)10(8-15-17)16(4-2)9-6-14-7-9/h3,8-9,14H,1,4-7H2,2H3. The summed E-state index contributed by atoms with van der Waals surface area (Å²) in [5.41, 5.74) is 0.757. The third-order valence-corrected chi connectivity index (χ3v) is 3.86. The van der Waals surface area contributed by atoms with E-state index in [0.29, 0.717) is 17.1 Å². The van der Waals surface area contributed by atoms with Crippen LogP contribution >= 0.6 is 15.9 Å². The Bertz CT molecular complexity index is 495. The topological polar surface area (TPSA) is 50.2 Å². The van der Waals surface area contributed by atoms with Crippen LogP contribution < -0.4 is 15.8 Å². The molecule has 1 fully saturated rings. The van der Waals surface area contributed by atoms with Gasteiger partial charge in [-0.3, -0.25) is 4.79 Å². The second-order valence-corrected chi connectivity index (χ2v) is 5.01. The van der Waals surface area contributed by atoms with Crippen LogP contribution in [0.4, 0.5) is 5.69 Å². The Labute approximate surface area is 115 Å². The maximum Gasteiger partial charge on any atom is 0.283 e. The first-order chi connectivity index (χ1) is 8.69. The second-order valence-electron chi connectivity index (χ2n) is 4.22. The van der Waals surface area contributed by atoms with Gasteiger partial charge in [-0.1, -0.05) is 6.08 Å². The molecule has 1 N–H and O–H groups in total. The number of rotatable bonds is 5. The fourth-order valence-corrected chi connectivity index (χ4v) is 2.56. The summed E-state index contributed by atoms with van der Waals surface area (Å²) >= 11 is 3.39. The summed E-state index contributed by atoms with van der Waals surface area (Å²) < 4.78 is 1.97. The van der Waals surface area contributed by atoms with Crippen molar-refractivity contribution in [2.24, 2.45) is 0 Å². The summed E-state index contributed by atoms with van der Waals surface area (Å²) in [5.74, 6) is 0. The fourth-order valence-electron chi connectivity index (χ4n) is 2.03. The number of hydrogen-bond acceptors (Lipinski definition) is 4. The lowest BCUT2D eigenvalue weighted by Crippen LogP contribution is -2.57. The molecule has 0 atom stereocenters. The van der Waals surface area contributed by atoms with Crippen molar-refractivity contribution in [2.75, 3.05) is 24.5 Å². The van der Waals surface area contributed by atoms with Gasteiger partial charge in [-0.25, -0.2) is 4.68 Å². The van der Waals surface area contributed by atoms with Gasteiger partial charge >= 0.3 is 0 Å². The minimum Gasteiger partial charge on any atom is -0.364 e. The normalized spacial score (nSPS) is 15.2. The van der Waals surface area contributed by atoms with Crippen molar-refractivity contribution >= 4 is 21.6 Å². The van der Waals surface area contributed by atoms with Gasteiger partial charge in [-0.15, -0.1) is 6.58 Å². The number of halogens is 1. The van der Waals surface area contributed by atoms with Crippen LogP contribution in [0.1, 0.15) is 6.92 Å². The van der Waals surface area contributed by atoms with Gasteiger partial charge < -0.3 is 10.2 Å². The van der Waals surface area contributed by atoms with Gasteiger partial charge in [0, 0.05) is 19.6 Å². The number of anilines is 1. The van der Waals surface area contributed by atoms with E-state index in [1.165, 1.54) is 4.68 Å². The highest BCUT2D eigenvalue weighted by Crippen LogP contribution is 2.24. The molecule has 1 aliphatic heterocycles. The Morgan fingerprint density at radius 1 is 1.72 bits per heavy atom. The van der Waals surface area contributed by atoms with Crippen molar-refractivity contribution in [1.29, 1.82) is 0 Å². The molecule has 0 aromatic carbocycles. The van der Waals surface area contributed by atoms with Crippen LogP contribution in [0.2, 0.25) is 0 Å². The van der Waals surface area contributed by atoms with Crippen LogP contribution in [0, 0.1) is 0 Å². The van der Waals surface area contributed by atoms with Crippen molar-refractivity contribution in [3.8, 4) is 0 Å². The molecule has 2 heterocycles. The maximum absolute atomic E-state index is 12.1. The highest BCUT2D eigenvalue weighted by Gasteiger charge is 2.26. The lowest BCUT2D eigenvalue weighted by molar-refractivity contribution is 0.416. The van der Waals surface area contributed by atoms with Crippen molar-refractivity contribution in [2.45, 2.75) is 19.5 Å². The third-order valence-electron chi connectivity index (χ3n) is 3.12. The molecule has 0 radical (unpaired) electrons. The Balaban J connectivity index is 2.35. The summed E-state index contributed by atoms with van der Waals surface area (Å²) in [5, 5.41) is 7.42. The van der Waals surface area contributed by atoms with Crippen LogP contribution in [-0.4, -0.2) is 35.5 Å². The monoisotopic (exact) mass is 312 g/mol. The zero-order valence-electron chi connectivity index (χ0n) is 10.4. The number of nitrogens with one attached hydrogen (secondary N) is 1. The third kappa shape index (κ3) is 2.35. The Morgan fingerprint density at radius 2 is 2.44 bits per heavy atom. The number of aromatic nitrogens is 2. The molecule has 0 amide bonds. The van der Waals surface area contributed by atoms with Gasteiger partial charge in [0.15, 0.2) is 0 Å². The number of allylic oxidation sites excluding steroid dienone is 1. The van der Waals surface area contributed by atoms with Crippen LogP contribution in [-0.2, 0) is 6.54 Å². The molecule has 6 heteroatoms. The van der Waals surface area contributed by atoms with Gasteiger partial charge in [-0.2, -0.15) is 5.10 Å². The van der Waals surface area contributed by atoms with Crippen LogP contribution in [0.25, 0.3) is 0 Å². The minimum absolute atomic E-state index is 0.113. The molecule has 2 rings (SSSR count). The molecule has 5 nitrogen and oxygen atoms in total. The number of hydrogen-bond donors (Lipinski definition) is 1. The van der Waals surface area contributed by atoms with E-state index in [4.69, 9.17) is 0 Å². The summed E-state index contributed by atoms with van der Waals surface area (Å²) in [7, 11) is 0. The zero-order valence-corrected chi connectivity index (χ0v) is 12.0. The van der Waals surface area contributed by atoms with E-state index < -0.39 is 0 Å². The van der Waals surface area contributed by atoms with E-state index in [0.717, 1.165) is 25.3 Å².